The molecule has 0 aromatic heterocycles. The fourth-order valence-electron chi connectivity index (χ4n) is 0. The van der Waals surface area contributed by atoms with Crippen molar-refractivity contribution in [3.8, 4) is 0 Å². The van der Waals surface area contributed by atoms with Gasteiger partial charge in [-0.25, -0.2) is 0 Å². The van der Waals surface area contributed by atoms with Crippen LogP contribution in [0.4, 0.5) is 0 Å². The summed E-state index contributed by atoms with van der Waals surface area (Å²) in [4.78, 5) is 0. The topological polar surface area (TPSA) is 959 Å². The Morgan fingerprint density at radius 1 is 0.105 bits per heavy atom. The summed E-state index contributed by atoms with van der Waals surface area (Å²) >= 11 is 0. The van der Waals surface area contributed by atoms with E-state index in [-0.39, 0.29) is 336 Å². The largest absolute Gasteiger partial charge is 0.870 e. The third-order valence-electron chi connectivity index (χ3n) is 0. The summed E-state index contributed by atoms with van der Waals surface area (Å²) in [5, 5.41) is 0. The Balaban J connectivity index is 0. The minimum Gasteiger partial charge on any atom is -0.870 e. The molecule has 64 N–H and O–H groups in total. The van der Waals surface area contributed by atoms with Gasteiger partial charge in [0.15, 0.2) is 0 Å². The van der Waals surface area contributed by atoms with Gasteiger partial charge >= 0.3 is 0 Å². The van der Waals surface area contributed by atoms with Crippen LogP contribution in [0.5, 0.6) is 0 Å². The summed E-state index contributed by atoms with van der Waals surface area (Å²) in [5.41, 5.74) is 0. The molecule has 0 rings (SSSR count). The predicted molar refractivity (Wildman–Crippen MR) is 111 cm³/mol. The van der Waals surface area contributed by atoms with Crippen LogP contribution in [0.1, 0.15) is 0 Å². The van der Waals surface area contributed by atoms with Gasteiger partial charge < -0.3 is 167 Å². The van der Waals surface area contributed by atoms with E-state index in [2.05, 4.69) is 0 Å². The van der Waals surface area contributed by atoms with Crippen LogP contribution in [0, 0.1) is 0 Å². The second-order valence-electron chi connectivity index (χ2n) is 0. The average molecular weight is 1300 g/mol. The molecule has 0 saturated heterocycles. The molecule has 0 aliphatic heterocycles. The maximum atomic E-state index is 0. The molecule has 0 bridgehead atoms. The van der Waals surface area contributed by atoms with Crippen LogP contribution in [0.2, 0.25) is 0 Å². The summed E-state index contributed by atoms with van der Waals surface area (Å²) in [6, 6.07) is 0. The standard InChI is InChI=1S/8Mo.4H3N.26H2O/h;;;;;;;;4*1H3;26*1H2. The maximum Gasteiger partial charge on any atom is 0 e. The van der Waals surface area contributed by atoms with Crippen molar-refractivity contribution in [2.45, 2.75) is 0 Å². The van der Waals surface area contributed by atoms with Crippen molar-refractivity contribution in [2.75, 3.05) is 0 Å². The second-order valence-corrected chi connectivity index (χ2v) is 0. The Labute approximate surface area is 332 Å². The molecule has 0 aromatic rings. The van der Waals surface area contributed by atoms with Crippen LogP contribution >= 0.6 is 0 Å². The van der Waals surface area contributed by atoms with Crippen molar-refractivity contribution < 1.29 is 311 Å². The SMILES string of the molecule is O.O.O.O.O.O.O.O.O.O.O.O.O.O.O.O.O.O.O.O.O.O.[Mo].[Mo].[Mo].[Mo].[Mo].[Mo].[Mo].[Mo].[NH4+].[NH4+].[NH4+].[NH4+].[OH-].[OH-].[OH-].[OH-]. The third kappa shape index (κ3) is 3360. The van der Waals surface area contributed by atoms with E-state index >= 15 is 0 Å². The summed E-state index contributed by atoms with van der Waals surface area (Å²) in [5.74, 6) is 0. The van der Waals surface area contributed by atoms with Crippen molar-refractivity contribution in [1.82, 2.24) is 24.6 Å². The van der Waals surface area contributed by atoms with E-state index in [1.807, 2.05) is 0 Å². The fourth-order valence-corrected chi connectivity index (χ4v) is 0. The van der Waals surface area contributed by atoms with E-state index in [4.69, 9.17) is 0 Å². The smallest absolute Gasteiger partial charge is 0 e. The zero-order valence-corrected chi connectivity index (χ0v) is 36.1. The fraction of sp³-hybridized carbons (Fsp3) is 0. The minimum atomic E-state index is 0. The molecule has 0 fully saturated rings. The molecule has 0 aromatic carbocycles. The van der Waals surface area contributed by atoms with Gasteiger partial charge in [0.05, 0.1) is 0 Å². The van der Waals surface area contributed by atoms with Crippen molar-refractivity contribution in [2.24, 2.45) is 0 Å². The molecule has 0 aliphatic carbocycles. The first kappa shape index (κ1) is 3890. The van der Waals surface area contributed by atoms with Gasteiger partial charge in [-0.2, -0.15) is 0 Å². The Hall–Kier alpha value is 4.31. The van der Waals surface area contributed by atoms with Gasteiger partial charge in [0.1, 0.15) is 0 Å². The zero-order valence-electron chi connectivity index (χ0n) is 20.1. The second kappa shape index (κ2) is 3620. The van der Waals surface area contributed by atoms with E-state index in [9.17, 15) is 0 Å². The number of hydrogen-bond donors (Lipinski definition) is 4. The maximum absolute atomic E-state index is 0. The van der Waals surface area contributed by atoms with E-state index in [1.54, 1.807) is 0 Å². The first-order chi connectivity index (χ1) is 0. The van der Waals surface area contributed by atoms with Crippen LogP contribution in [-0.4, -0.2) is 142 Å². The molecule has 0 spiro atoms. The molecule has 0 saturated carbocycles. The van der Waals surface area contributed by atoms with E-state index < -0.39 is 0 Å². The molecular formula is H64Mo8N4O26. The Bertz CT molecular complexity index is 45.2. The quantitative estimate of drug-likeness (QED) is 0.172. The molecule has 0 amide bonds. The van der Waals surface area contributed by atoms with Crippen LogP contribution in [-0.2, 0) is 169 Å². The van der Waals surface area contributed by atoms with Gasteiger partial charge in [-0.15, -0.1) is 0 Å². The Kier molecular flexibility index (Phi) is 371000. The van der Waals surface area contributed by atoms with E-state index in [0.717, 1.165) is 0 Å². The normalized spacial score (nSPS) is 0. The molecule has 30 nitrogen and oxygen atoms in total. The first-order valence-electron chi connectivity index (χ1n) is 0. The molecule has 0 radical (unpaired) electrons. The molecule has 0 atom stereocenters. The summed E-state index contributed by atoms with van der Waals surface area (Å²) in [6.07, 6.45) is 0. The Morgan fingerprint density at radius 2 is 0.105 bits per heavy atom. The zero-order chi connectivity index (χ0) is 0. The van der Waals surface area contributed by atoms with Gasteiger partial charge in [-0.05, 0) is 0 Å². The predicted octanol–water partition coefficient (Wildman–Crippen LogP) is -17.4. The number of rotatable bonds is 0. The number of quaternary nitrogens is 4. The van der Waals surface area contributed by atoms with Gasteiger partial charge in [0.2, 0.25) is 0 Å². The van der Waals surface area contributed by atoms with Crippen LogP contribution in [0.25, 0.3) is 0 Å². The van der Waals surface area contributed by atoms with Crippen molar-refractivity contribution in [1.29, 1.82) is 0 Å². The first-order valence-corrected chi connectivity index (χ1v) is 0. The summed E-state index contributed by atoms with van der Waals surface area (Å²) in [6.45, 7) is 0. The van der Waals surface area contributed by atoms with Crippen molar-refractivity contribution >= 4 is 0 Å². The van der Waals surface area contributed by atoms with Gasteiger partial charge in [0, 0.05) is 169 Å². The van der Waals surface area contributed by atoms with Gasteiger partial charge in [0.25, 0.3) is 0 Å². The molecule has 38 heteroatoms. The van der Waals surface area contributed by atoms with Gasteiger partial charge in [-0.3, -0.25) is 0 Å². The summed E-state index contributed by atoms with van der Waals surface area (Å²) in [7, 11) is 0. The third-order valence-corrected chi connectivity index (χ3v) is 0. The van der Waals surface area contributed by atoms with Crippen LogP contribution in [0.3, 0.4) is 0 Å². The molecule has 38 heavy (non-hydrogen) atoms. The summed E-state index contributed by atoms with van der Waals surface area (Å²) < 4.78 is 0. The van der Waals surface area contributed by atoms with Crippen LogP contribution in [0.15, 0.2) is 0 Å². The molecule has 0 unspecified atom stereocenters. The molecular weight excluding hydrogens is 1240 g/mol. The minimum absolute atomic E-state index is 0. The van der Waals surface area contributed by atoms with Crippen molar-refractivity contribution in [3.05, 3.63) is 0 Å². The average Bonchev–Trinajstić information content (AvgIpc) is 0. The van der Waals surface area contributed by atoms with Gasteiger partial charge in [-0.1, -0.05) is 0 Å². The van der Waals surface area contributed by atoms with Crippen molar-refractivity contribution in [3.63, 3.8) is 0 Å². The van der Waals surface area contributed by atoms with E-state index in [1.165, 1.54) is 0 Å². The molecule has 0 aliphatic rings. The number of hydrogen-bond acceptors (Lipinski definition) is 4. The Morgan fingerprint density at radius 3 is 0.105 bits per heavy atom. The van der Waals surface area contributed by atoms with Crippen LogP contribution < -0.4 is 24.6 Å². The monoisotopic (exact) mass is 1320 g/mol. The molecule has 288 valence electrons. The van der Waals surface area contributed by atoms with E-state index in [0.29, 0.717) is 0 Å². The molecule has 0 heterocycles.